The van der Waals surface area contributed by atoms with Crippen LogP contribution in [0.1, 0.15) is 22.3 Å². The Morgan fingerprint density at radius 2 is 1.69 bits per heavy atom. The van der Waals surface area contributed by atoms with Gasteiger partial charge in [-0.3, -0.25) is 4.79 Å². The number of hydrogen-bond acceptors (Lipinski definition) is 4. The Morgan fingerprint density at radius 1 is 0.976 bits per heavy atom. The van der Waals surface area contributed by atoms with Crippen LogP contribution < -0.4 is 10.1 Å². The number of rotatable bonds is 7. The maximum absolute atomic E-state index is 14.0. The van der Waals surface area contributed by atoms with Gasteiger partial charge in [-0.2, -0.15) is 17.5 Å². The molecule has 218 valence electrons. The second-order valence-electron chi connectivity index (χ2n) is 9.55. The van der Waals surface area contributed by atoms with E-state index in [2.05, 4.69) is 5.32 Å². The Hall–Kier alpha value is -3.93. The highest BCUT2D eigenvalue weighted by Crippen LogP contribution is 2.37. The number of sulfonamides is 1. The summed E-state index contributed by atoms with van der Waals surface area (Å²) < 4.78 is 87.1. The lowest BCUT2D eigenvalue weighted by Crippen LogP contribution is -2.36. The van der Waals surface area contributed by atoms with E-state index >= 15 is 0 Å². The number of ether oxygens (including phenoxy) is 1. The van der Waals surface area contributed by atoms with E-state index in [1.807, 2.05) is 6.07 Å². The van der Waals surface area contributed by atoms with Crippen LogP contribution in [0.4, 0.5) is 23.2 Å². The van der Waals surface area contributed by atoms with Crippen LogP contribution in [0.3, 0.4) is 0 Å². The molecule has 1 heterocycles. The minimum Gasteiger partial charge on any atom is -0.456 e. The third-order valence-corrected chi connectivity index (χ3v) is 8.92. The number of hydrogen-bond donors (Lipinski definition) is 1. The maximum atomic E-state index is 14.0. The van der Waals surface area contributed by atoms with E-state index in [1.54, 1.807) is 48.5 Å². The molecule has 1 N–H and O–H groups in total. The first-order valence-electron chi connectivity index (χ1n) is 12.7. The molecule has 0 atom stereocenters. The summed E-state index contributed by atoms with van der Waals surface area (Å²) in [5.74, 6) is -1.43. The third kappa shape index (κ3) is 6.28. The van der Waals surface area contributed by atoms with Crippen molar-refractivity contribution in [2.75, 3.05) is 11.9 Å². The van der Waals surface area contributed by atoms with Crippen LogP contribution in [0.25, 0.3) is 0 Å². The quantitative estimate of drug-likeness (QED) is 0.222. The number of carbonyl (C=O) groups is 1. The molecule has 0 aliphatic carbocycles. The number of alkyl halides is 3. The van der Waals surface area contributed by atoms with Crippen LogP contribution in [-0.4, -0.2) is 25.2 Å². The molecule has 0 bridgehead atoms. The minimum atomic E-state index is -4.85. The Morgan fingerprint density at radius 3 is 2.40 bits per heavy atom. The van der Waals surface area contributed by atoms with Crippen LogP contribution in [0.15, 0.2) is 89.8 Å². The lowest BCUT2D eigenvalue weighted by atomic mass is 9.98. The fraction of sp³-hybridized carbons (Fsp3) is 0.167. The number of anilines is 1. The molecule has 0 saturated carbocycles. The van der Waals surface area contributed by atoms with Crippen LogP contribution in [0, 0.1) is 5.82 Å². The molecule has 5 rings (SSSR count). The van der Waals surface area contributed by atoms with Crippen molar-refractivity contribution in [3.05, 3.63) is 118 Å². The molecule has 0 radical (unpaired) electrons. The zero-order valence-electron chi connectivity index (χ0n) is 21.8. The number of nitrogens with zero attached hydrogens (tertiary/aromatic N) is 1. The number of fused-ring (bicyclic) bond motifs is 1. The van der Waals surface area contributed by atoms with Gasteiger partial charge in [0.1, 0.15) is 22.2 Å². The van der Waals surface area contributed by atoms with E-state index in [4.69, 9.17) is 16.3 Å². The Kier molecular flexibility index (Phi) is 8.27. The first-order valence-corrected chi connectivity index (χ1v) is 14.5. The lowest BCUT2D eigenvalue weighted by Gasteiger charge is -2.30. The summed E-state index contributed by atoms with van der Waals surface area (Å²) >= 11 is 6.38. The molecule has 4 aromatic rings. The Balaban J connectivity index is 1.34. The van der Waals surface area contributed by atoms with Crippen molar-refractivity contribution < 1.29 is 35.5 Å². The van der Waals surface area contributed by atoms with Crippen molar-refractivity contribution in [3.8, 4) is 11.5 Å². The van der Waals surface area contributed by atoms with Gasteiger partial charge in [0.15, 0.2) is 0 Å². The normalized spacial score (nSPS) is 13.8. The summed E-state index contributed by atoms with van der Waals surface area (Å²) in [6.07, 6.45) is -5.02. The molecule has 0 saturated heterocycles. The van der Waals surface area contributed by atoms with Gasteiger partial charge < -0.3 is 10.1 Å². The lowest BCUT2D eigenvalue weighted by molar-refractivity contribution is -0.140. The van der Waals surface area contributed by atoms with Crippen molar-refractivity contribution in [3.63, 3.8) is 0 Å². The van der Waals surface area contributed by atoms with Gasteiger partial charge in [-0.15, -0.1) is 0 Å². The fourth-order valence-corrected chi connectivity index (χ4v) is 6.47. The molecule has 1 aliphatic heterocycles. The van der Waals surface area contributed by atoms with Crippen LogP contribution in [-0.2, 0) is 40.4 Å². The van der Waals surface area contributed by atoms with Crippen molar-refractivity contribution in [2.45, 2.75) is 30.5 Å². The second kappa shape index (κ2) is 11.7. The predicted molar refractivity (Wildman–Crippen MR) is 149 cm³/mol. The van der Waals surface area contributed by atoms with Gasteiger partial charge in [0.25, 0.3) is 0 Å². The standard InChI is InChI=1S/C30H23ClF4N2O4S/c31-24-13-11-20-18-37(42(39,40)27-9-5-4-8-26(27)41-21-6-2-1-3-7-21)15-14-22(20)29(24)36-28(38)17-19-10-12-23(25(32)16-19)30(33,34)35/h1-13,16H,14-15,17-18H2,(H,36,38). The second-order valence-corrected chi connectivity index (χ2v) is 11.9. The van der Waals surface area contributed by atoms with E-state index in [0.29, 0.717) is 29.0 Å². The van der Waals surface area contributed by atoms with Gasteiger partial charge in [0, 0.05) is 13.1 Å². The summed E-state index contributed by atoms with van der Waals surface area (Å²) in [6, 6.07) is 20.6. The summed E-state index contributed by atoms with van der Waals surface area (Å²) in [6.45, 7) is 0.0871. The Labute approximate surface area is 244 Å². The number of carbonyl (C=O) groups excluding carboxylic acids is 1. The van der Waals surface area contributed by atoms with Gasteiger partial charge in [0.2, 0.25) is 15.9 Å². The largest absolute Gasteiger partial charge is 0.456 e. The van der Waals surface area contributed by atoms with E-state index in [9.17, 15) is 30.8 Å². The molecule has 0 spiro atoms. The molecule has 0 fully saturated rings. The number of para-hydroxylation sites is 2. The SMILES string of the molecule is O=C(Cc1ccc(C(F)(F)F)c(F)c1)Nc1c(Cl)ccc2c1CCN(S(=O)(=O)c1ccccc1Oc1ccccc1)C2. The van der Waals surface area contributed by atoms with Gasteiger partial charge in [-0.1, -0.05) is 54.1 Å². The third-order valence-electron chi connectivity index (χ3n) is 6.72. The summed E-state index contributed by atoms with van der Waals surface area (Å²) in [4.78, 5) is 12.8. The molecule has 6 nitrogen and oxygen atoms in total. The van der Waals surface area contributed by atoms with Crippen molar-refractivity contribution in [1.29, 1.82) is 0 Å². The van der Waals surface area contributed by atoms with Crippen LogP contribution >= 0.6 is 11.6 Å². The van der Waals surface area contributed by atoms with Crippen LogP contribution in [0.5, 0.6) is 11.5 Å². The fourth-order valence-electron chi connectivity index (χ4n) is 4.71. The predicted octanol–water partition coefficient (Wildman–Crippen LogP) is 7.22. The summed E-state index contributed by atoms with van der Waals surface area (Å²) in [5, 5.41) is 2.88. The molecular formula is C30H23ClF4N2O4S. The topological polar surface area (TPSA) is 75.7 Å². The monoisotopic (exact) mass is 618 g/mol. The van der Waals surface area contributed by atoms with E-state index in [-0.39, 0.29) is 46.4 Å². The van der Waals surface area contributed by atoms with E-state index in [0.717, 1.165) is 6.07 Å². The molecule has 1 aliphatic rings. The molecule has 0 aromatic heterocycles. The highest BCUT2D eigenvalue weighted by atomic mass is 35.5. The maximum Gasteiger partial charge on any atom is 0.419 e. The van der Waals surface area contributed by atoms with Crippen molar-refractivity contribution in [1.82, 2.24) is 4.31 Å². The van der Waals surface area contributed by atoms with Gasteiger partial charge in [0.05, 0.1) is 22.7 Å². The minimum absolute atomic E-state index is 0.00148. The van der Waals surface area contributed by atoms with E-state index in [1.165, 1.54) is 16.4 Å². The Bertz CT molecular complexity index is 1750. The van der Waals surface area contributed by atoms with E-state index < -0.39 is 39.9 Å². The average molecular weight is 619 g/mol. The first-order chi connectivity index (χ1) is 19.9. The zero-order chi connectivity index (χ0) is 30.1. The summed E-state index contributed by atoms with van der Waals surface area (Å²) in [7, 11) is -3.99. The number of amides is 1. The number of nitrogens with one attached hydrogen (secondary N) is 1. The smallest absolute Gasteiger partial charge is 0.419 e. The molecule has 4 aromatic carbocycles. The van der Waals surface area contributed by atoms with Gasteiger partial charge in [-0.05, 0) is 65.6 Å². The number of halogens is 5. The summed E-state index contributed by atoms with van der Waals surface area (Å²) in [5.41, 5.74) is 0.158. The molecule has 1 amide bonds. The number of benzene rings is 4. The van der Waals surface area contributed by atoms with Gasteiger partial charge in [-0.25, -0.2) is 12.8 Å². The van der Waals surface area contributed by atoms with Gasteiger partial charge >= 0.3 is 6.18 Å². The first kappa shape index (κ1) is 29.6. The molecular weight excluding hydrogens is 596 g/mol. The zero-order valence-corrected chi connectivity index (χ0v) is 23.4. The van der Waals surface area contributed by atoms with Crippen LogP contribution in [0.2, 0.25) is 5.02 Å². The highest BCUT2D eigenvalue weighted by Gasteiger charge is 2.34. The molecule has 0 unspecified atom stereocenters. The highest BCUT2D eigenvalue weighted by molar-refractivity contribution is 7.89. The average Bonchev–Trinajstić information content (AvgIpc) is 2.94. The van der Waals surface area contributed by atoms with Crippen molar-refractivity contribution >= 4 is 33.2 Å². The molecule has 12 heteroatoms. The molecule has 42 heavy (non-hydrogen) atoms. The van der Waals surface area contributed by atoms with Crippen molar-refractivity contribution in [2.24, 2.45) is 0 Å².